The molecule has 1 radical (unpaired) electrons. The zero-order valence-corrected chi connectivity index (χ0v) is 13.1. The monoisotopic (exact) mass is 302 g/mol. The number of fused-ring (bicyclic) bond motifs is 2. The van der Waals surface area contributed by atoms with E-state index in [1.807, 2.05) is 0 Å². The molecule has 0 atom stereocenters. The molecule has 22 heavy (non-hydrogen) atoms. The predicted octanol–water partition coefficient (Wildman–Crippen LogP) is 5.05. The lowest BCUT2D eigenvalue weighted by atomic mass is 10.1. The average molecular weight is 302 g/mol. The number of hydrogen-bond donors (Lipinski definition) is 1. The van der Waals surface area contributed by atoms with Crippen LogP contribution in [-0.4, -0.2) is 0 Å². The van der Waals surface area contributed by atoms with Crippen LogP contribution in [-0.2, 0) is 0 Å². The standard InChI is InChI=1S/C20H14P.H3N/c1-3-11-17-15(7-1)9-5-13-19(17)21-20-14-6-10-16-8-2-4-12-18(16)20;/h1-14H;1H3. The Hall–Kier alpha value is -2.21. The minimum atomic E-state index is 0. The van der Waals surface area contributed by atoms with Gasteiger partial charge in [0.15, 0.2) is 0 Å². The van der Waals surface area contributed by atoms with Crippen LogP contribution in [0.15, 0.2) is 84.9 Å². The van der Waals surface area contributed by atoms with Crippen LogP contribution in [0.4, 0.5) is 0 Å². The van der Waals surface area contributed by atoms with Gasteiger partial charge in [-0.3, -0.25) is 0 Å². The molecule has 0 aliphatic rings. The number of benzene rings is 4. The first-order valence-electron chi connectivity index (χ1n) is 7.09. The van der Waals surface area contributed by atoms with Gasteiger partial charge in [-0.05, 0) is 40.7 Å². The van der Waals surface area contributed by atoms with E-state index in [4.69, 9.17) is 0 Å². The molecule has 3 N–H and O–H groups in total. The van der Waals surface area contributed by atoms with Crippen LogP contribution in [0.5, 0.6) is 0 Å². The van der Waals surface area contributed by atoms with Gasteiger partial charge in [-0.2, -0.15) is 0 Å². The van der Waals surface area contributed by atoms with Crippen molar-refractivity contribution in [3.8, 4) is 0 Å². The maximum Gasteiger partial charge on any atom is -0.00678 e. The Morgan fingerprint density at radius 1 is 0.455 bits per heavy atom. The Balaban J connectivity index is 0.00000144. The Morgan fingerprint density at radius 3 is 1.36 bits per heavy atom. The fourth-order valence-electron chi connectivity index (χ4n) is 2.74. The Morgan fingerprint density at radius 2 is 0.864 bits per heavy atom. The average Bonchev–Trinajstić information content (AvgIpc) is 2.56. The highest BCUT2D eigenvalue weighted by Gasteiger charge is 2.05. The van der Waals surface area contributed by atoms with E-state index < -0.39 is 0 Å². The third-order valence-electron chi connectivity index (χ3n) is 3.77. The molecule has 0 spiro atoms. The lowest BCUT2D eigenvalue weighted by molar-refractivity contribution is 1.77. The highest BCUT2D eigenvalue weighted by molar-refractivity contribution is 7.56. The van der Waals surface area contributed by atoms with E-state index in [1.54, 1.807) is 0 Å². The third kappa shape index (κ3) is 2.62. The molecule has 0 fully saturated rings. The highest BCUT2D eigenvalue weighted by Crippen LogP contribution is 2.23. The van der Waals surface area contributed by atoms with Crippen LogP contribution < -0.4 is 16.8 Å². The minimum absolute atomic E-state index is 0. The molecule has 0 aliphatic heterocycles. The van der Waals surface area contributed by atoms with E-state index in [0.717, 1.165) is 0 Å². The van der Waals surface area contributed by atoms with Crippen molar-refractivity contribution in [3.63, 3.8) is 0 Å². The predicted molar refractivity (Wildman–Crippen MR) is 99.1 cm³/mol. The van der Waals surface area contributed by atoms with Crippen molar-refractivity contribution in [2.75, 3.05) is 0 Å². The second-order valence-corrected chi connectivity index (χ2v) is 6.30. The molecule has 0 saturated carbocycles. The maximum atomic E-state index is 2.23. The third-order valence-corrected chi connectivity index (χ3v) is 5.04. The Kier molecular flexibility index (Phi) is 4.20. The molecule has 0 saturated heterocycles. The molecule has 0 amide bonds. The summed E-state index contributed by atoms with van der Waals surface area (Å²) in [7, 11) is 1.27. The summed E-state index contributed by atoms with van der Waals surface area (Å²) in [6, 6.07) is 30.3. The van der Waals surface area contributed by atoms with Crippen molar-refractivity contribution in [1.29, 1.82) is 0 Å². The highest BCUT2D eigenvalue weighted by atomic mass is 31.1. The van der Waals surface area contributed by atoms with Crippen molar-refractivity contribution >= 4 is 40.7 Å². The summed E-state index contributed by atoms with van der Waals surface area (Å²) in [5.74, 6) is 0. The zero-order valence-electron chi connectivity index (χ0n) is 12.2. The molecule has 4 rings (SSSR count). The second kappa shape index (κ2) is 6.27. The van der Waals surface area contributed by atoms with Gasteiger partial charge in [0.1, 0.15) is 0 Å². The fraction of sp³-hybridized carbons (Fsp3) is 0. The molecule has 4 aromatic carbocycles. The van der Waals surface area contributed by atoms with Crippen molar-refractivity contribution in [1.82, 2.24) is 6.15 Å². The Labute approximate surface area is 132 Å². The fourth-order valence-corrected chi connectivity index (χ4v) is 3.97. The first-order chi connectivity index (χ1) is 10.4. The minimum Gasteiger partial charge on any atom is -0.344 e. The van der Waals surface area contributed by atoms with Gasteiger partial charge < -0.3 is 6.15 Å². The van der Waals surface area contributed by atoms with E-state index in [-0.39, 0.29) is 6.15 Å². The van der Waals surface area contributed by atoms with E-state index in [1.165, 1.54) is 40.7 Å². The van der Waals surface area contributed by atoms with Gasteiger partial charge in [0, 0.05) is 0 Å². The summed E-state index contributed by atoms with van der Waals surface area (Å²) in [6.45, 7) is 0. The molecular formula is C20H17NP. The molecule has 4 aromatic rings. The topological polar surface area (TPSA) is 35.0 Å². The van der Waals surface area contributed by atoms with Gasteiger partial charge in [-0.15, -0.1) is 0 Å². The summed E-state index contributed by atoms with van der Waals surface area (Å²) < 4.78 is 0. The van der Waals surface area contributed by atoms with Gasteiger partial charge >= 0.3 is 0 Å². The number of rotatable bonds is 2. The van der Waals surface area contributed by atoms with Crippen molar-refractivity contribution in [2.45, 2.75) is 0 Å². The molecule has 2 heteroatoms. The van der Waals surface area contributed by atoms with Gasteiger partial charge in [0.25, 0.3) is 0 Å². The molecule has 0 heterocycles. The summed E-state index contributed by atoms with van der Waals surface area (Å²) >= 11 is 0. The van der Waals surface area contributed by atoms with Crippen molar-refractivity contribution in [3.05, 3.63) is 84.9 Å². The first-order valence-corrected chi connectivity index (χ1v) is 7.98. The van der Waals surface area contributed by atoms with Crippen LogP contribution >= 0.6 is 8.58 Å². The number of hydrogen-bond acceptors (Lipinski definition) is 1. The summed E-state index contributed by atoms with van der Waals surface area (Å²) in [5.41, 5.74) is 0. The van der Waals surface area contributed by atoms with Gasteiger partial charge in [0.05, 0.1) is 0 Å². The smallest absolute Gasteiger partial charge is 0.00678 e. The molecule has 0 bridgehead atoms. The normalized spacial score (nSPS) is 10.5. The van der Waals surface area contributed by atoms with Crippen LogP contribution in [0, 0.1) is 0 Å². The van der Waals surface area contributed by atoms with Gasteiger partial charge in [-0.25, -0.2) is 0 Å². The SMILES string of the molecule is N.c1ccc2c([P]c3cccc4ccccc34)cccc2c1. The lowest BCUT2D eigenvalue weighted by Gasteiger charge is -2.08. The molecule has 1 nitrogen and oxygen atoms in total. The summed E-state index contributed by atoms with van der Waals surface area (Å²) in [5, 5.41) is 8.03. The largest absolute Gasteiger partial charge is 0.344 e. The molecule has 0 unspecified atom stereocenters. The quantitative estimate of drug-likeness (QED) is 0.516. The Bertz CT molecular complexity index is 843. The van der Waals surface area contributed by atoms with Gasteiger partial charge in [0.2, 0.25) is 0 Å². The summed E-state index contributed by atoms with van der Waals surface area (Å²) in [6.07, 6.45) is 0. The molecule has 0 aliphatic carbocycles. The van der Waals surface area contributed by atoms with E-state index in [2.05, 4.69) is 84.9 Å². The van der Waals surface area contributed by atoms with Crippen molar-refractivity contribution in [2.24, 2.45) is 0 Å². The molecule has 107 valence electrons. The van der Waals surface area contributed by atoms with Crippen LogP contribution in [0.3, 0.4) is 0 Å². The lowest BCUT2D eigenvalue weighted by Crippen LogP contribution is -2.05. The van der Waals surface area contributed by atoms with Crippen LogP contribution in [0.1, 0.15) is 0 Å². The van der Waals surface area contributed by atoms with E-state index in [0.29, 0.717) is 0 Å². The zero-order chi connectivity index (χ0) is 14.1. The molecule has 0 aromatic heterocycles. The summed E-state index contributed by atoms with van der Waals surface area (Å²) in [4.78, 5) is 0. The second-order valence-electron chi connectivity index (χ2n) is 5.11. The first kappa shape index (κ1) is 14.7. The van der Waals surface area contributed by atoms with Gasteiger partial charge in [-0.1, -0.05) is 84.9 Å². The van der Waals surface area contributed by atoms with E-state index in [9.17, 15) is 0 Å². The van der Waals surface area contributed by atoms with Crippen LogP contribution in [0.25, 0.3) is 21.5 Å². The van der Waals surface area contributed by atoms with Crippen molar-refractivity contribution < 1.29 is 0 Å². The molecular weight excluding hydrogens is 285 g/mol. The van der Waals surface area contributed by atoms with Crippen LogP contribution in [0.2, 0.25) is 0 Å². The maximum absolute atomic E-state index is 2.23. The van der Waals surface area contributed by atoms with E-state index >= 15 is 0 Å².